The number of amides is 1. The molecule has 1 atom stereocenters. The van der Waals surface area contributed by atoms with Gasteiger partial charge in [-0.25, -0.2) is 0 Å². The minimum atomic E-state index is -0.0565. The molecule has 1 amide bonds. The van der Waals surface area contributed by atoms with Gasteiger partial charge >= 0.3 is 0 Å². The van der Waals surface area contributed by atoms with Crippen LogP contribution in [0.15, 0.2) is 54.7 Å². The van der Waals surface area contributed by atoms with Gasteiger partial charge in [-0.3, -0.25) is 4.79 Å². The lowest BCUT2D eigenvalue weighted by molar-refractivity contribution is -0.124. The van der Waals surface area contributed by atoms with Gasteiger partial charge in [-0.1, -0.05) is 55.0 Å². The monoisotopic (exact) mass is 306 g/mol. The number of hydrogen-bond acceptors (Lipinski definition) is 1. The van der Waals surface area contributed by atoms with Crippen LogP contribution < -0.4 is 5.32 Å². The van der Waals surface area contributed by atoms with Crippen LogP contribution in [0.2, 0.25) is 0 Å². The summed E-state index contributed by atoms with van der Waals surface area (Å²) in [5.41, 5.74) is 4.66. The van der Waals surface area contributed by atoms with Crippen molar-refractivity contribution in [3.8, 4) is 0 Å². The number of benzene rings is 2. The van der Waals surface area contributed by atoms with E-state index in [0.29, 0.717) is 6.54 Å². The van der Waals surface area contributed by atoms with Crippen molar-refractivity contribution in [2.24, 2.45) is 5.92 Å². The lowest BCUT2D eigenvalue weighted by Crippen LogP contribution is -2.29. The van der Waals surface area contributed by atoms with Gasteiger partial charge in [0.15, 0.2) is 0 Å². The van der Waals surface area contributed by atoms with Gasteiger partial charge in [-0.2, -0.15) is 0 Å². The summed E-state index contributed by atoms with van der Waals surface area (Å²) in [7, 11) is 0. The standard InChI is InChI=1S/C20H22N2O/c1-14-6-5-7-16(10-14)12-22-20(23)15(2)11-17-13-21-19-9-4-3-8-18(17)19/h3-10,13,15,21H,11-12H2,1-2H3,(H,22,23). The zero-order chi connectivity index (χ0) is 16.2. The highest BCUT2D eigenvalue weighted by Gasteiger charge is 2.15. The first-order valence-corrected chi connectivity index (χ1v) is 8.02. The summed E-state index contributed by atoms with van der Waals surface area (Å²) < 4.78 is 0. The van der Waals surface area contributed by atoms with Crippen LogP contribution >= 0.6 is 0 Å². The summed E-state index contributed by atoms with van der Waals surface area (Å²) in [6, 6.07) is 16.4. The highest BCUT2D eigenvalue weighted by molar-refractivity contribution is 5.84. The van der Waals surface area contributed by atoms with Crippen LogP contribution in [0.25, 0.3) is 10.9 Å². The van der Waals surface area contributed by atoms with Crippen molar-refractivity contribution >= 4 is 16.8 Å². The van der Waals surface area contributed by atoms with Crippen molar-refractivity contribution in [1.82, 2.24) is 10.3 Å². The molecule has 0 saturated heterocycles. The average molecular weight is 306 g/mol. The Bertz CT molecular complexity index is 819. The minimum absolute atomic E-state index is 0.0565. The molecule has 0 spiro atoms. The molecule has 0 aliphatic heterocycles. The zero-order valence-corrected chi connectivity index (χ0v) is 13.6. The Hall–Kier alpha value is -2.55. The van der Waals surface area contributed by atoms with Gasteiger partial charge in [0, 0.05) is 29.6 Å². The fourth-order valence-corrected chi connectivity index (χ4v) is 2.91. The molecule has 0 aliphatic carbocycles. The number of fused-ring (bicyclic) bond motifs is 1. The molecule has 3 rings (SSSR count). The second kappa shape index (κ2) is 6.69. The lowest BCUT2D eigenvalue weighted by Gasteiger charge is -2.12. The molecule has 1 heterocycles. The normalized spacial score (nSPS) is 12.3. The number of hydrogen-bond donors (Lipinski definition) is 2. The molecule has 0 radical (unpaired) electrons. The number of carbonyl (C=O) groups excluding carboxylic acids is 1. The molecule has 0 aliphatic rings. The number of aromatic nitrogens is 1. The summed E-state index contributed by atoms with van der Waals surface area (Å²) in [4.78, 5) is 15.6. The third-order valence-electron chi connectivity index (χ3n) is 4.20. The predicted octanol–water partition coefficient (Wildman–Crippen LogP) is 3.97. The molecular weight excluding hydrogens is 284 g/mol. The van der Waals surface area contributed by atoms with E-state index in [9.17, 15) is 4.79 Å². The van der Waals surface area contributed by atoms with Gasteiger partial charge in [0.25, 0.3) is 0 Å². The Morgan fingerprint density at radius 3 is 2.83 bits per heavy atom. The predicted molar refractivity (Wildman–Crippen MR) is 94.2 cm³/mol. The molecule has 0 saturated carbocycles. The van der Waals surface area contributed by atoms with Crippen molar-refractivity contribution < 1.29 is 4.79 Å². The number of para-hydroxylation sites is 1. The van der Waals surface area contributed by atoms with Crippen LogP contribution in [0.5, 0.6) is 0 Å². The van der Waals surface area contributed by atoms with Crippen molar-refractivity contribution in [2.45, 2.75) is 26.8 Å². The molecule has 118 valence electrons. The van der Waals surface area contributed by atoms with Gasteiger partial charge in [0.2, 0.25) is 5.91 Å². The highest BCUT2D eigenvalue weighted by atomic mass is 16.1. The summed E-state index contributed by atoms with van der Waals surface area (Å²) in [6.07, 6.45) is 2.75. The van der Waals surface area contributed by atoms with E-state index in [1.165, 1.54) is 16.5 Å². The number of carbonyl (C=O) groups is 1. The third-order valence-corrected chi connectivity index (χ3v) is 4.20. The van der Waals surface area contributed by atoms with Gasteiger partial charge in [-0.15, -0.1) is 0 Å². The molecule has 0 fully saturated rings. The fraction of sp³-hybridized carbons (Fsp3) is 0.250. The van der Waals surface area contributed by atoms with E-state index in [0.717, 1.165) is 17.5 Å². The molecule has 2 N–H and O–H groups in total. The summed E-state index contributed by atoms with van der Waals surface area (Å²) in [6.45, 7) is 4.62. The minimum Gasteiger partial charge on any atom is -0.361 e. The Balaban J connectivity index is 1.61. The van der Waals surface area contributed by atoms with Crippen LogP contribution in [0.4, 0.5) is 0 Å². The molecular formula is C20H22N2O. The van der Waals surface area contributed by atoms with Gasteiger partial charge < -0.3 is 10.3 Å². The van der Waals surface area contributed by atoms with E-state index in [1.54, 1.807) is 0 Å². The summed E-state index contributed by atoms with van der Waals surface area (Å²) in [5.74, 6) is 0.0378. The number of aromatic amines is 1. The van der Waals surface area contributed by atoms with Gasteiger partial charge in [-0.05, 0) is 30.5 Å². The van der Waals surface area contributed by atoms with E-state index in [1.807, 2.05) is 37.4 Å². The molecule has 3 heteroatoms. The van der Waals surface area contributed by atoms with E-state index < -0.39 is 0 Å². The Morgan fingerprint density at radius 2 is 2.00 bits per heavy atom. The number of aryl methyl sites for hydroxylation is 1. The van der Waals surface area contributed by atoms with Crippen molar-refractivity contribution in [1.29, 1.82) is 0 Å². The van der Waals surface area contributed by atoms with E-state index in [4.69, 9.17) is 0 Å². The molecule has 23 heavy (non-hydrogen) atoms. The Kier molecular flexibility index (Phi) is 4.47. The highest BCUT2D eigenvalue weighted by Crippen LogP contribution is 2.20. The zero-order valence-electron chi connectivity index (χ0n) is 13.6. The molecule has 3 aromatic rings. The number of H-pyrrole nitrogens is 1. The van der Waals surface area contributed by atoms with Crippen molar-refractivity contribution in [2.75, 3.05) is 0 Å². The first-order valence-electron chi connectivity index (χ1n) is 8.02. The summed E-state index contributed by atoms with van der Waals surface area (Å²) in [5, 5.41) is 4.24. The maximum Gasteiger partial charge on any atom is 0.223 e. The van der Waals surface area contributed by atoms with Gasteiger partial charge in [0.05, 0.1) is 0 Å². The maximum atomic E-state index is 12.3. The van der Waals surface area contributed by atoms with Crippen LogP contribution in [0.3, 0.4) is 0 Å². The quantitative estimate of drug-likeness (QED) is 0.736. The van der Waals surface area contributed by atoms with Crippen LogP contribution in [0.1, 0.15) is 23.6 Å². The molecule has 1 unspecified atom stereocenters. The largest absolute Gasteiger partial charge is 0.361 e. The first kappa shape index (κ1) is 15.3. The van der Waals surface area contributed by atoms with Crippen molar-refractivity contribution in [3.63, 3.8) is 0 Å². The number of nitrogens with one attached hydrogen (secondary N) is 2. The third kappa shape index (κ3) is 3.62. The average Bonchev–Trinajstić information content (AvgIpc) is 2.96. The topological polar surface area (TPSA) is 44.9 Å². The fourth-order valence-electron chi connectivity index (χ4n) is 2.91. The summed E-state index contributed by atoms with van der Waals surface area (Å²) >= 11 is 0. The Labute approximate surface area is 136 Å². The van der Waals surface area contributed by atoms with Crippen molar-refractivity contribution in [3.05, 3.63) is 71.4 Å². The smallest absolute Gasteiger partial charge is 0.223 e. The first-order chi connectivity index (χ1) is 11.1. The molecule has 1 aromatic heterocycles. The number of rotatable bonds is 5. The second-order valence-corrected chi connectivity index (χ2v) is 6.17. The van der Waals surface area contributed by atoms with E-state index in [2.05, 4.69) is 41.5 Å². The van der Waals surface area contributed by atoms with E-state index in [-0.39, 0.29) is 11.8 Å². The maximum absolute atomic E-state index is 12.3. The van der Waals surface area contributed by atoms with Gasteiger partial charge in [0.1, 0.15) is 0 Å². The van der Waals surface area contributed by atoms with Crippen LogP contribution in [0, 0.1) is 12.8 Å². The Morgan fingerprint density at radius 1 is 1.17 bits per heavy atom. The van der Waals surface area contributed by atoms with Crippen LogP contribution in [-0.4, -0.2) is 10.9 Å². The van der Waals surface area contributed by atoms with Crippen LogP contribution in [-0.2, 0) is 17.8 Å². The lowest BCUT2D eigenvalue weighted by atomic mass is 10.00. The van der Waals surface area contributed by atoms with E-state index >= 15 is 0 Å². The second-order valence-electron chi connectivity index (χ2n) is 6.17. The molecule has 2 aromatic carbocycles. The molecule has 0 bridgehead atoms. The SMILES string of the molecule is Cc1cccc(CNC(=O)C(C)Cc2c[nH]c3ccccc23)c1. The molecule has 3 nitrogen and oxygen atoms in total.